The van der Waals surface area contributed by atoms with Gasteiger partial charge in [-0.25, -0.2) is 0 Å². The monoisotopic (exact) mass is 238 g/mol. The van der Waals surface area contributed by atoms with Gasteiger partial charge < -0.3 is 4.84 Å². The van der Waals surface area contributed by atoms with Crippen molar-refractivity contribution in [2.24, 2.45) is 5.16 Å². The number of rotatable bonds is 3. The lowest BCUT2D eigenvalue weighted by Gasteiger charge is -2.11. The predicted molar refractivity (Wildman–Crippen MR) is 72.4 cm³/mol. The van der Waals surface area contributed by atoms with Gasteiger partial charge in [0.25, 0.3) is 0 Å². The molecule has 0 saturated carbocycles. The van der Waals surface area contributed by atoms with Gasteiger partial charge in [0.15, 0.2) is 0 Å². The summed E-state index contributed by atoms with van der Waals surface area (Å²) in [5.41, 5.74) is 1.63. The summed E-state index contributed by atoms with van der Waals surface area (Å²) < 4.78 is 0. The van der Waals surface area contributed by atoms with E-state index in [1.807, 2.05) is 42.5 Å². The maximum Gasteiger partial charge on any atom is 0.113 e. The molecule has 18 heavy (non-hydrogen) atoms. The molecule has 0 aliphatic heterocycles. The van der Waals surface area contributed by atoms with Crippen LogP contribution in [0.1, 0.15) is 18.4 Å². The molecule has 2 aromatic rings. The van der Waals surface area contributed by atoms with Crippen LogP contribution in [0.4, 0.5) is 0 Å². The van der Waals surface area contributed by atoms with E-state index in [0.29, 0.717) is 5.71 Å². The molecular weight excluding hydrogens is 224 g/mol. The summed E-state index contributed by atoms with van der Waals surface area (Å²) in [6, 6.07) is 16.3. The first kappa shape index (κ1) is 12.1. The molecule has 0 aromatic heterocycles. The molecule has 0 fully saturated rings. The van der Waals surface area contributed by atoms with E-state index in [4.69, 9.17) is 4.84 Å². The van der Waals surface area contributed by atoms with E-state index in [-0.39, 0.29) is 5.92 Å². The number of hydrogen-bond acceptors (Lipinski definition) is 3. The van der Waals surface area contributed by atoms with Gasteiger partial charge in [-0.2, -0.15) is 5.26 Å². The second-order valence-corrected chi connectivity index (χ2v) is 4.05. The van der Waals surface area contributed by atoms with Crippen LogP contribution in [0.15, 0.2) is 47.6 Å². The van der Waals surface area contributed by atoms with Gasteiger partial charge in [0.2, 0.25) is 0 Å². The Balaban J connectivity index is 2.60. The summed E-state index contributed by atoms with van der Waals surface area (Å²) in [7, 11) is 1.49. The van der Waals surface area contributed by atoms with Gasteiger partial charge >= 0.3 is 0 Å². The Labute approximate surface area is 106 Å². The fourth-order valence-electron chi connectivity index (χ4n) is 2.09. The van der Waals surface area contributed by atoms with E-state index in [1.54, 1.807) is 6.92 Å². The van der Waals surface area contributed by atoms with Crippen molar-refractivity contribution >= 4 is 16.5 Å². The van der Waals surface area contributed by atoms with Crippen LogP contribution in [0.3, 0.4) is 0 Å². The van der Waals surface area contributed by atoms with Crippen molar-refractivity contribution in [3.8, 4) is 6.07 Å². The van der Waals surface area contributed by atoms with E-state index in [9.17, 15) is 5.26 Å². The van der Waals surface area contributed by atoms with Crippen molar-refractivity contribution in [2.75, 3.05) is 7.11 Å². The van der Waals surface area contributed by atoms with Crippen LogP contribution >= 0.6 is 0 Å². The van der Waals surface area contributed by atoms with E-state index in [1.165, 1.54) is 7.11 Å². The quantitative estimate of drug-likeness (QED) is 0.607. The summed E-state index contributed by atoms with van der Waals surface area (Å²) in [5.74, 6) is -0.379. The summed E-state index contributed by atoms with van der Waals surface area (Å²) in [6.45, 7) is 1.80. The lowest BCUT2D eigenvalue weighted by molar-refractivity contribution is 0.212. The first-order valence-corrected chi connectivity index (χ1v) is 5.73. The van der Waals surface area contributed by atoms with Crippen molar-refractivity contribution in [2.45, 2.75) is 12.8 Å². The molecule has 0 radical (unpaired) electrons. The van der Waals surface area contributed by atoms with Crippen LogP contribution in [0, 0.1) is 11.3 Å². The molecule has 0 aliphatic rings. The lowest BCUT2D eigenvalue weighted by Crippen LogP contribution is -2.08. The number of nitrogens with zero attached hydrogens (tertiary/aromatic N) is 2. The average molecular weight is 238 g/mol. The highest BCUT2D eigenvalue weighted by Gasteiger charge is 2.17. The molecule has 0 N–H and O–H groups in total. The lowest BCUT2D eigenvalue weighted by atomic mass is 9.91. The minimum Gasteiger partial charge on any atom is -0.399 e. The van der Waals surface area contributed by atoms with E-state index in [0.717, 1.165) is 16.3 Å². The third-order valence-electron chi connectivity index (χ3n) is 2.92. The van der Waals surface area contributed by atoms with E-state index in [2.05, 4.69) is 11.2 Å². The largest absolute Gasteiger partial charge is 0.399 e. The smallest absolute Gasteiger partial charge is 0.113 e. The van der Waals surface area contributed by atoms with Crippen LogP contribution in [-0.4, -0.2) is 12.8 Å². The van der Waals surface area contributed by atoms with Crippen molar-refractivity contribution < 1.29 is 4.84 Å². The molecule has 90 valence electrons. The zero-order valence-electron chi connectivity index (χ0n) is 10.4. The van der Waals surface area contributed by atoms with Crippen LogP contribution in [0.5, 0.6) is 0 Å². The molecular formula is C15H14N2O. The fourth-order valence-corrected chi connectivity index (χ4v) is 2.09. The van der Waals surface area contributed by atoms with Gasteiger partial charge in [-0.05, 0) is 23.3 Å². The van der Waals surface area contributed by atoms with E-state index < -0.39 is 0 Å². The predicted octanol–water partition coefficient (Wildman–Crippen LogP) is 3.47. The van der Waals surface area contributed by atoms with E-state index >= 15 is 0 Å². The van der Waals surface area contributed by atoms with Crippen molar-refractivity contribution in [3.05, 3.63) is 48.0 Å². The minimum atomic E-state index is -0.379. The average Bonchev–Trinajstić information content (AvgIpc) is 2.40. The standard InChI is InChI=1S/C15H14N2O/c1-11(17-18-2)15(10-16)14-9-5-7-12-6-3-4-8-13(12)14/h3-9,15H,1-2H3/b17-11+. The third-order valence-corrected chi connectivity index (χ3v) is 2.92. The van der Waals surface area contributed by atoms with Gasteiger partial charge in [0.05, 0.1) is 11.8 Å². The highest BCUT2D eigenvalue weighted by molar-refractivity contribution is 5.96. The third kappa shape index (κ3) is 2.18. The molecule has 0 aliphatic carbocycles. The Kier molecular flexibility index (Phi) is 3.59. The van der Waals surface area contributed by atoms with Crippen LogP contribution in [0.25, 0.3) is 10.8 Å². The Morgan fingerprint density at radius 1 is 1.22 bits per heavy atom. The van der Waals surface area contributed by atoms with Crippen molar-refractivity contribution in [1.29, 1.82) is 5.26 Å². The molecule has 2 rings (SSSR count). The highest BCUT2D eigenvalue weighted by Crippen LogP contribution is 2.26. The molecule has 2 aromatic carbocycles. The fraction of sp³-hybridized carbons (Fsp3) is 0.200. The number of fused-ring (bicyclic) bond motifs is 1. The maximum atomic E-state index is 9.35. The summed E-state index contributed by atoms with van der Waals surface area (Å²) in [4.78, 5) is 4.76. The highest BCUT2D eigenvalue weighted by atomic mass is 16.6. The number of hydrogen-bond donors (Lipinski definition) is 0. The van der Waals surface area contributed by atoms with Crippen molar-refractivity contribution in [3.63, 3.8) is 0 Å². The Morgan fingerprint density at radius 3 is 2.67 bits per heavy atom. The molecule has 1 atom stereocenters. The van der Waals surface area contributed by atoms with Crippen LogP contribution in [-0.2, 0) is 4.84 Å². The van der Waals surface area contributed by atoms with Gasteiger partial charge in [0.1, 0.15) is 13.0 Å². The molecule has 0 heterocycles. The van der Waals surface area contributed by atoms with Gasteiger partial charge in [-0.1, -0.05) is 47.6 Å². The number of benzene rings is 2. The molecule has 3 nitrogen and oxygen atoms in total. The maximum absolute atomic E-state index is 9.35. The summed E-state index contributed by atoms with van der Waals surface area (Å²) >= 11 is 0. The Bertz CT molecular complexity index is 620. The van der Waals surface area contributed by atoms with Gasteiger partial charge in [0, 0.05) is 0 Å². The SMILES string of the molecule is CO/N=C(\C)C(C#N)c1cccc2ccccc12. The van der Waals surface area contributed by atoms with Crippen LogP contribution < -0.4 is 0 Å². The first-order valence-electron chi connectivity index (χ1n) is 5.73. The van der Waals surface area contributed by atoms with Crippen molar-refractivity contribution in [1.82, 2.24) is 0 Å². The zero-order chi connectivity index (χ0) is 13.0. The first-order chi connectivity index (χ1) is 8.77. The summed E-state index contributed by atoms with van der Waals surface area (Å²) in [5, 5.41) is 15.4. The Hall–Kier alpha value is -2.34. The zero-order valence-corrected chi connectivity index (χ0v) is 10.4. The number of nitriles is 1. The molecule has 1 unspecified atom stereocenters. The van der Waals surface area contributed by atoms with Crippen LogP contribution in [0.2, 0.25) is 0 Å². The molecule has 3 heteroatoms. The molecule has 0 bridgehead atoms. The topological polar surface area (TPSA) is 45.4 Å². The summed E-state index contributed by atoms with van der Waals surface area (Å²) in [6.07, 6.45) is 0. The molecule has 0 saturated heterocycles. The molecule has 0 amide bonds. The normalized spacial score (nSPS) is 13.1. The van der Waals surface area contributed by atoms with Gasteiger partial charge in [-0.3, -0.25) is 0 Å². The molecule has 0 spiro atoms. The van der Waals surface area contributed by atoms with Gasteiger partial charge in [-0.15, -0.1) is 0 Å². The second-order valence-electron chi connectivity index (χ2n) is 4.05. The minimum absolute atomic E-state index is 0.379. The Morgan fingerprint density at radius 2 is 1.94 bits per heavy atom. The number of oxime groups is 1. The second kappa shape index (κ2) is 5.33.